The molecule has 2 aliphatic heterocycles. The van der Waals surface area contributed by atoms with Gasteiger partial charge in [-0.3, -0.25) is 4.79 Å². The molecule has 2 saturated heterocycles. The predicted molar refractivity (Wildman–Crippen MR) is 67.3 cm³/mol. The Kier molecular flexibility index (Phi) is 3.50. The Hall–Kier alpha value is -1.26. The number of hydrogen-bond acceptors (Lipinski definition) is 2. The van der Waals surface area contributed by atoms with E-state index >= 15 is 0 Å². The second-order valence-electron chi connectivity index (χ2n) is 5.54. The zero-order chi connectivity index (χ0) is 13.4. The van der Waals surface area contributed by atoms with E-state index < -0.39 is 5.97 Å². The second kappa shape index (κ2) is 4.78. The maximum atomic E-state index is 12.4. The third kappa shape index (κ3) is 1.95. The summed E-state index contributed by atoms with van der Waals surface area (Å²) in [6.45, 7) is 4.07. The van der Waals surface area contributed by atoms with E-state index in [1.807, 2.05) is 25.8 Å². The Labute approximate surface area is 108 Å². The molecule has 2 heterocycles. The maximum absolute atomic E-state index is 12.4. The molecule has 0 spiro atoms. The highest BCUT2D eigenvalue weighted by atomic mass is 16.4. The van der Waals surface area contributed by atoms with E-state index in [-0.39, 0.29) is 30.1 Å². The largest absolute Gasteiger partial charge is 0.481 e. The molecule has 5 nitrogen and oxygen atoms in total. The summed E-state index contributed by atoms with van der Waals surface area (Å²) < 4.78 is 0. The van der Waals surface area contributed by atoms with Gasteiger partial charge in [-0.2, -0.15) is 0 Å². The average Bonchev–Trinajstić information content (AvgIpc) is 2.93. The fraction of sp³-hybridized carbons (Fsp3) is 0.846. The quantitative estimate of drug-likeness (QED) is 0.835. The number of carbonyl (C=O) groups excluding carboxylic acids is 1. The molecule has 18 heavy (non-hydrogen) atoms. The molecule has 2 rings (SSSR count). The van der Waals surface area contributed by atoms with E-state index in [1.165, 1.54) is 0 Å². The first-order chi connectivity index (χ1) is 8.47. The topological polar surface area (TPSA) is 60.9 Å². The number of carbonyl (C=O) groups is 2. The molecule has 2 amide bonds. The summed E-state index contributed by atoms with van der Waals surface area (Å²) in [6.07, 6.45) is 3.32. The Balaban J connectivity index is 2.11. The summed E-state index contributed by atoms with van der Waals surface area (Å²) in [5.41, 5.74) is 0. The summed E-state index contributed by atoms with van der Waals surface area (Å²) in [7, 11) is 1.81. The Morgan fingerprint density at radius 2 is 2.11 bits per heavy atom. The highest BCUT2D eigenvalue weighted by Gasteiger charge is 2.52. The van der Waals surface area contributed by atoms with Crippen molar-refractivity contribution < 1.29 is 14.7 Å². The van der Waals surface area contributed by atoms with Crippen LogP contribution in [0.1, 0.15) is 39.5 Å². The van der Waals surface area contributed by atoms with E-state index in [1.54, 1.807) is 4.90 Å². The SMILES string of the molecule is CCC(C)N(C)C(=O)N1C2CCC1C(C(=O)O)C2. The van der Waals surface area contributed by atoms with Crippen molar-refractivity contribution in [1.29, 1.82) is 0 Å². The number of hydrogen-bond donors (Lipinski definition) is 1. The van der Waals surface area contributed by atoms with Crippen LogP contribution in [0.4, 0.5) is 4.79 Å². The number of carboxylic acids is 1. The van der Waals surface area contributed by atoms with Crippen molar-refractivity contribution in [2.75, 3.05) is 7.05 Å². The second-order valence-corrected chi connectivity index (χ2v) is 5.54. The van der Waals surface area contributed by atoms with Gasteiger partial charge in [0.1, 0.15) is 0 Å². The molecular weight excluding hydrogens is 232 g/mol. The van der Waals surface area contributed by atoms with Crippen molar-refractivity contribution >= 4 is 12.0 Å². The van der Waals surface area contributed by atoms with Crippen molar-refractivity contribution in [2.45, 2.75) is 57.7 Å². The maximum Gasteiger partial charge on any atom is 0.320 e. The molecule has 5 heteroatoms. The molecular formula is C13H22N2O3. The van der Waals surface area contributed by atoms with Gasteiger partial charge in [0.15, 0.2) is 0 Å². The first-order valence-electron chi connectivity index (χ1n) is 6.75. The van der Waals surface area contributed by atoms with E-state index in [9.17, 15) is 14.7 Å². The van der Waals surface area contributed by atoms with Gasteiger partial charge in [-0.25, -0.2) is 4.79 Å². The summed E-state index contributed by atoms with van der Waals surface area (Å²) in [5, 5.41) is 9.18. The van der Waals surface area contributed by atoms with E-state index in [0.29, 0.717) is 6.42 Å². The molecule has 102 valence electrons. The number of carboxylic acid groups (broad SMARTS) is 1. The minimum atomic E-state index is -0.758. The van der Waals surface area contributed by atoms with Crippen molar-refractivity contribution in [3.05, 3.63) is 0 Å². The van der Waals surface area contributed by atoms with Crippen LogP contribution in [0.25, 0.3) is 0 Å². The number of rotatable bonds is 3. The van der Waals surface area contributed by atoms with Crippen LogP contribution >= 0.6 is 0 Å². The molecule has 4 atom stereocenters. The number of fused-ring (bicyclic) bond motifs is 2. The minimum absolute atomic E-state index is 0.000556. The van der Waals surface area contributed by atoms with Gasteiger partial charge in [-0.1, -0.05) is 6.92 Å². The number of amides is 2. The van der Waals surface area contributed by atoms with Gasteiger partial charge < -0.3 is 14.9 Å². The molecule has 0 aromatic heterocycles. The van der Waals surface area contributed by atoms with Gasteiger partial charge in [0.25, 0.3) is 0 Å². The van der Waals surface area contributed by atoms with Gasteiger partial charge >= 0.3 is 12.0 Å². The molecule has 0 aromatic rings. The highest BCUT2D eigenvalue weighted by Crippen LogP contribution is 2.42. The molecule has 2 fully saturated rings. The Morgan fingerprint density at radius 1 is 1.44 bits per heavy atom. The summed E-state index contributed by atoms with van der Waals surface area (Å²) in [4.78, 5) is 27.2. The fourth-order valence-corrected chi connectivity index (χ4v) is 3.20. The molecule has 2 aliphatic rings. The summed E-state index contributed by atoms with van der Waals surface area (Å²) in [5.74, 6) is -1.12. The first kappa shape index (κ1) is 13.2. The van der Waals surface area contributed by atoms with Crippen molar-refractivity contribution in [3.8, 4) is 0 Å². The normalized spacial score (nSPS) is 31.5. The van der Waals surface area contributed by atoms with Crippen LogP contribution < -0.4 is 0 Å². The van der Waals surface area contributed by atoms with Gasteiger partial charge in [0.2, 0.25) is 0 Å². The van der Waals surface area contributed by atoms with Crippen LogP contribution in [0, 0.1) is 5.92 Å². The predicted octanol–water partition coefficient (Wildman–Crippen LogP) is 1.77. The van der Waals surface area contributed by atoms with Gasteiger partial charge in [-0.05, 0) is 32.6 Å². The minimum Gasteiger partial charge on any atom is -0.481 e. The lowest BCUT2D eigenvalue weighted by atomic mass is 9.89. The molecule has 2 bridgehead atoms. The molecule has 4 unspecified atom stereocenters. The Bertz CT molecular complexity index is 358. The molecule has 0 radical (unpaired) electrons. The van der Waals surface area contributed by atoms with Crippen LogP contribution in [-0.4, -0.2) is 52.1 Å². The number of aliphatic carboxylic acids is 1. The first-order valence-corrected chi connectivity index (χ1v) is 6.75. The monoisotopic (exact) mass is 254 g/mol. The van der Waals surface area contributed by atoms with E-state index in [2.05, 4.69) is 0 Å². The molecule has 0 aliphatic carbocycles. The third-order valence-electron chi connectivity index (χ3n) is 4.63. The summed E-state index contributed by atoms with van der Waals surface area (Å²) in [6, 6.07) is 0.239. The van der Waals surface area contributed by atoms with Crippen LogP contribution in [0.15, 0.2) is 0 Å². The Morgan fingerprint density at radius 3 is 2.61 bits per heavy atom. The van der Waals surface area contributed by atoms with Crippen molar-refractivity contribution in [1.82, 2.24) is 9.80 Å². The van der Waals surface area contributed by atoms with Crippen LogP contribution in [-0.2, 0) is 4.79 Å². The summed E-state index contributed by atoms with van der Waals surface area (Å²) >= 11 is 0. The third-order valence-corrected chi connectivity index (χ3v) is 4.63. The van der Waals surface area contributed by atoms with Crippen LogP contribution in [0.5, 0.6) is 0 Å². The lowest BCUT2D eigenvalue weighted by Gasteiger charge is -2.32. The van der Waals surface area contributed by atoms with Gasteiger partial charge in [0, 0.05) is 25.2 Å². The molecule has 1 N–H and O–H groups in total. The smallest absolute Gasteiger partial charge is 0.320 e. The van der Waals surface area contributed by atoms with Crippen molar-refractivity contribution in [2.24, 2.45) is 5.92 Å². The zero-order valence-corrected chi connectivity index (χ0v) is 11.3. The highest BCUT2D eigenvalue weighted by molar-refractivity contribution is 5.79. The van der Waals surface area contributed by atoms with E-state index in [4.69, 9.17) is 0 Å². The van der Waals surface area contributed by atoms with E-state index in [0.717, 1.165) is 19.3 Å². The van der Waals surface area contributed by atoms with Gasteiger partial charge in [-0.15, -0.1) is 0 Å². The average molecular weight is 254 g/mol. The number of urea groups is 1. The number of nitrogens with zero attached hydrogens (tertiary/aromatic N) is 2. The lowest BCUT2D eigenvalue weighted by molar-refractivity contribution is -0.142. The zero-order valence-electron chi connectivity index (χ0n) is 11.3. The van der Waals surface area contributed by atoms with Crippen molar-refractivity contribution in [3.63, 3.8) is 0 Å². The van der Waals surface area contributed by atoms with Crippen LogP contribution in [0.2, 0.25) is 0 Å². The lowest BCUT2D eigenvalue weighted by Crippen LogP contribution is -2.47. The molecule has 0 saturated carbocycles. The van der Waals surface area contributed by atoms with Crippen LogP contribution in [0.3, 0.4) is 0 Å². The fourth-order valence-electron chi connectivity index (χ4n) is 3.20. The molecule has 0 aromatic carbocycles. The van der Waals surface area contributed by atoms with Gasteiger partial charge in [0.05, 0.1) is 5.92 Å². The standard InChI is InChI=1S/C13H22N2O3/c1-4-8(2)14(3)13(18)15-9-5-6-11(15)10(7-9)12(16)17/h8-11H,4-7H2,1-3H3,(H,16,17).